The summed E-state index contributed by atoms with van der Waals surface area (Å²) in [5.41, 5.74) is -0.148. The number of rotatable bonds is 6. The first-order chi connectivity index (χ1) is 13.8. The van der Waals surface area contributed by atoms with Crippen LogP contribution in [-0.2, 0) is 22.4 Å². The largest absolute Gasteiger partial charge is 0.508 e. The number of carbonyl (C=O) groups is 2. The highest BCUT2D eigenvalue weighted by Crippen LogP contribution is 2.35. The third-order valence-corrected chi connectivity index (χ3v) is 5.53. The monoisotopic (exact) mass is 401 g/mol. The summed E-state index contributed by atoms with van der Waals surface area (Å²) in [6, 6.07) is 12.1. The predicted molar refractivity (Wildman–Crippen MR) is 104 cm³/mol. The highest BCUT2D eigenvalue weighted by atomic mass is 19.1. The molecule has 0 bridgehead atoms. The van der Waals surface area contributed by atoms with Gasteiger partial charge in [-0.1, -0.05) is 24.3 Å². The van der Waals surface area contributed by atoms with Crippen LogP contribution < -0.4 is 0 Å². The van der Waals surface area contributed by atoms with E-state index in [4.69, 9.17) is 0 Å². The number of aliphatic carboxylic acids is 1. The van der Waals surface area contributed by atoms with Gasteiger partial charge in [0.05, 0.1) is 6.10 Å². The van der Waals surface area contributed by atoms with E-state index in [-0.39, 0.29) is 44.0 Å². The Bertz CT molecular complexity index is 885. The summed E-state index contributed by atoms with van der Waals surface area (Å²) in [6.45, 7) is 0.165. The van der Waals surface area contributed by atoms with Crippen molar-refractivity contribution >= 4 is 11.9 Å². The molecule has 1 fully saturated rings. The van der Waals surface area contributed by atoms with Crippen LogP contribution in [0.3, 0.4) is 0 Å². The van der Waals surface area contributed by atoms with E-state index in [0.717, 1.165) is 5.56 Å². The molecule has 3 rings (SSSR count). The molecule has 0 spiro atoms. The highest BCUT2D eigenvalue weighted by Gasteiger charge is 2.50. The normalized spacial score (nSPS) is 21.7. The van der Waals surface area contributed by atoms with Crippen molar-refractivity contribution in [2.75, 3.05) is 13.1 Å². The van der Waals surface area contributed by atoms with Gasteiger partial charge in [-0.3, -0.25) is 9.59 Å². The fourth-order valence-corrected chi connectivity index (χ4v) is 3.84. The molecular weight excluding hydrogens is 377 g/mol. The first-order valence-electron chi connectivity index (χ1n) is 9.52. The number of hydrogen-bond acceptors (Lipinski definition) is 4. The van der Waals surface area contributed by atoms with E-state index >= 15 is 0 Å². The van der Waals surface area contributed by atoms with Gasteiger partial charge in [-0.15, -0.1) is 0 Å². The average molecular weight is 401 g/mol. The Labute approximate surface area is 168 Å². The number of benzene rings is 2. The summed E-state index contributed by atoms with van der Waals surface area (Å²) >= 11 is 0. The lowest BCUT2D eigenvalue weighted by Crippen LogP contribution is -2.58. The Balaban J connectivity index is 1.73. The van der Waals surface area contributed by atoms with Crippen molar-refractivity contribution < 1.29 is 29.3 Å². The second-order valence-electron chi connectivity index (χ2n) is 7.55. The lowest BCUT2D eigenvalue weighted by Gasteiger charge is -2.43. The molecule has 1 amide bonds. The number of nitrogens with zero attached hydrogens (tertiary/aromatic N) is 1. The van der Waals surface area contributed by atoms with Crippen LogP contribution in [0.2, 0.25) is 0 Å². The average Bonchev–Trinajstić information content (AvgIpc) is 2.69. The minimum Gasteiger partial charge on any atom is -0.508 e. The number of carboxylic acids is 1. The van der Waals surface area contributed by atoms with Crippen LogP contribution in [0.4, 0.5) is 4.39 Å². The van der Waals surface area contributed by atoms with Crippen molar-refractivity contribution in [1.29, 1.82) is 0 Å². The number of phenols is 1. The molecule has 1 aliphatic rings. The summed E-state index contributed by atoms with van der Waals surface area (Å²) in [5.74, 6) is -1.68. The second-order valence-corrected chi connectivity index (χ2v) is 7.55. The van der Waals surface area contributed by atoms with E-state index in [9.17, 15) is 29.3 Å². The van der Waals surface area contributed by atoms with Crippen molar-refractivity contribution in [3.05, 3.63) is 65.5 Å². The van der Waals surface area contributed by atoms with Crippen LogP contribution in [0.15, 0.2) is 48.5 Å². The Morgan fingerprint density at radius 3 is 2.52 bits per heavy atom. The molecule has 3 N–H and O–H groups in total. The van der Waals surface area contributed by atoms with Gasteiger partial charge in [0.25, 0.3) is 0 Å². The van der Waals surface area contributed by atoms with Crippen LogP contribution in [0.25, 0.3) is 0 Å². The number of aliphatic hydroxyl groups is 1. The Morgan fingerprint density at radius 1 is 1.14 bits per heavy atom. The zero-order valence-electron chi connectivity index (χ0n) is 15.9. The molecule has 1 saturated heterocycles. The predicted octanol–water partition coefficient (Wildman–Crippen LogP) is 2.37. The number of aliphatic hydroxyl groups excluding tert-OH is 1. The smallest absolute Gasteiger partial charge is 0.314 e. The van der Waals surface area contributed by atoms with E-state index in [1.54, 1.807) is 18.2 Å². The van der Waals surface area contributed by atoms with Crippen molar-refractivity contribution in [3.63, 3.8) is 0 Å². The molecule has 29 heavy (non-hydrogen) atoms. The van der Waals surface area contributed by atoms with Crippen LogP contribution >= 0.6 is 0 Å². The maximum atomic E-state index is 13.2. The van der Waals surface area contributed by atoms with E-state index < -0.39 is 23.3 Å². The maximum absolute atomic E-state index is 13.2. The van der Waals surface area contributed by atoms with Crippen molar-refractivity contribution in [3.8, 4) is 5.75 Å². The number of aromatic hydroxyl groups is 1. The van der Waals surface area contributed by atoms with Gasteiger partial charge in [-0.05, 0) is 54.7 Å². The van der Waals surface area contributed by atoms with E-state index in [1.165, 1.54) is 29.2 Å². The Morgan fingerprint density at radius 2 is 1.86 bits per heavy atom. The van der Waals surface area contributed by atoms with Gasteiger partial charge < -0.3 is 20.2 Å². The Hall–Kier alpha value is -2.93. The van der Waals surface area contributed by atoms with Crippen LogP contribution in [0, 0.1) is 11.2 Å². The van der Waals surface area contributed by atoms with Crippen molar-refractivity contribution in [1.82, 2.24) is 4.90 Å². The number of carbonyl (C=O) groups excluding carboxylic acids is 1. The summed E-state index contributed by atoms with van der Waals surface area (Å²) in [6.07, 6.45) is -0.359. The standard InChI is InChI=1S/C22H24FNO5/c23-17-7-4-16(5-8-17)13-22(21(28)29)14-24(11-10-19(22)26)20(27)9-6-15-2-1-3-18(25)12-15/h1-5,7-8,12,19,25-26H,6,9-11,13-14H2,(H,28,29)/t19-,22-/m1/s1. The molecule has 2 aromatic rings. The van der Waals surface area contributed by atoms with Crippen LogP contribution in [-0.4, -0.2) is 51.3 Å². The number of halogens is 1. The molecule has 0 aromatic heterocycles. The molecule has 6 nitrogen and oxygen atoms in total. The fourth-order valence-electron chi connectivity index (χ4n) is 3.84. The van der Waals surface area contributed by atoms with E-state index in [0.29, 0.717) is 12.0 Å². The lowest BCUT2D eigenvalue weighted by molar-refractivity contribution is -0.165. The molecule has 0 radical (unpaired) electrons. The highest BCUT2D eigenvalue weighted by molar-refractivity contribution is 5.80. The molecular formula is C22H24FNO5. The SMILES string of the molecule is O=C(CCc1cccc(O)c1)N1CC[C@@H](O)[C@](Cc2ccc(F)cc2)(C(=O)O)C1. The fraction of sp³-hybridized carbons (Fsp3) is 0.364. The maximum Gasteiger partial charge on any atom is 0.314 e. The molecule has 2 atom stereocenters. The summed E-state index contributed by atoms with van der Waals surface area (Å²) in [4.78, 5) is 26.3. The van der Waals surface area contributed by atoms with Gasteiger partial charge in [0.15, 0.2) is 0 Å². The topological polar surface area (TPSA) is 98.1 Å². The van der Waals surface area contributed by atoms with Gasteiger partial charge >= 0.3 is 5.97 Å². The van der Waals surface area contributed by atoms with Gasteiger partial charge in [0.1, 0.15) is 17.0 Å². The summed E-state index contributed by atoms with van der Waals surface area (Å²) in [5, 5.41) is 30.0. The number of carboxylic acid groups (broad SMARTS) is 1. The summed E-state index contributed by atoms with van der Waals surface area (Å²) < 4.78 is 13.2. The zero-order chi connectivity index (χ0) is 21.0. The Kier molecular flexibility index (Phi) is 6.17. The minimum atomic E-state index is -1.54. The van der Waals surface area contributed by atoms with Gasteiger partial charge in [-0.25, -0.2) is 4.39 Å². The quantitative estimate of drug-likeness (QED) is 0.690. The van der Waals surface area contributed by atoms with Gasteiger partial charge in [0, 0.05) is 19.5 Å². The van der Waals surface area contributed by atoms with E-state index in [2.05, 4.69) is 0 Å². The molecule has 1 heterocycles. The van der Waals surface area contributed by atoms with Crippen molar-refractivity contribution in [2.24, 2.45) is 5.41 Å². The summed E-state index contributed by atoms with van der Waals surface area (Å²) in [7, 11) is 0. The number of piperidine rings is 1. The number of amides is 1. The number of phenolic OH excluding ortho intramolecular Hbond substituents is 1. The number of likely N-dealkylation sites (tertiary alicyclic amines) is 1. The molecule has 0 saturated carbocycles. The molecule has 1 aliphatic heterocycles. The second kappa shape index (κ2) is 8.61. The minimum absolute atomic E-state index is 0.000117. The number of aryl methyl sites for hydroxylation is 1. The van der Waals surface area contributed by atoms with Crippen molar-refractivity contribution in [2.45, 2.75) is 31.8 Å². The molecule has 2 aromatic carbocycles. The molecule has 0 unspecified atom stereocenters. The third kappa shape index (κ3) is 4.74. The molecule has 154 valence electrons. The lowest BCUT2D eigenvalue weighted by atomic mass is 9.72. The zero-order valence-corrected chi connectivity index (χ0v) is 15.9. The van der Waals surface area contributed by atoms with Gasteiger partial charge in [0.2, 0.25) is 5.91 Å². The molecule has 7 heteroatoms. The van der Waals surface area contributed by atoms with Gasteiger partial charge in [-0.2, -0.15) is 0 Å². The van der Waals surface area contributed by atoms with Crippen LogP contribution in [0.5, 0.6) is 5.75 Å². The third-order valence-electron chi connectivity index (χ3n) is 5.53. The first kappa shape index (κ1) is 20.8. The first-order valence-corrected chi connectivity index (χ1v) is 9.52. The van der Waals surface area contributed by atoms with E-state index in [1.807, 2.05) is 6.07 Å². The molecule has 0 aliphatic carbocycles. The van der Waals surface area contributed by atoms with Crippen LogP contribution in [0.1, 0.15) is 24.0 Å². The number of hydrogen-bond donors (Lipinski definition) is 3.